The Balaban J connectivity index is 3.66. The second kappa shape index (κ2) is 42.0. The third-order valence-electron chi connectivity index (χ3n) is 11.2. The zero-order chi connectivity index (χ0) is 38.8. The molecule has 0 aromatic heterocycles. The van der Waals surface area contributed by atoms with Gasteiger partial charge in [-0.05, 0) is 32.1 Å². The van der Waals surface area contributed by atoms with Crippen molar-refractivity contribution in [2.75, 3.05) is 33.0 Å². The van der Waals surface area contributed by atoms with Crippen LogP contribution in [0.3, 0.4) is 0 Å². The highest BCUT2D eigenvalue weighted by molar-refractivity contribution is 5.69. The molecule has 0 unspecified atom stereocenters. The van der Waals surface area contributed by atoms with E-state index in [1.165, 1.54) is 167 Å². The Labute approximate surface area is 328 Å². The number of hydrogen-bond acceptors (Lipinski definition) is 7. The summed E-state index contributed by atoms with van der Waals surface area (Å²) in [7, 11) is 0. The van der Waals surface area contributed by atoms with Crippen molar-refractivity contribution in [3.63, 3.8) is 0 Å². The minimum absolute atomic E-state index is 0.0876. The first-order valence-corrected chi connectivity index (χ1v) is 23.2. The van der Waals surface area contributed by atoms with Crippen LogP contribution in [0.25, 0.3) is 0 Å². The maximum atomic E-state index is 12.4. The molecule has 3 N–H and O–H groups in total. The van der Waals surface area contributed by atoms with E-state index < -0.39 is 5.41 Å². The number of aliphatic hydroxyl groups is 3. The molecule has 0 saturated heterocycles. The molecule has 0 spiro atoms. The fourth-order valence-corrected chi connectivity index (χ4v) is 7.13. The summed E-state index contributed by atoms with van der Waals surface area (Å²) in [5.74, 6) is -0.450. The van der Waals surface area contributed by atoms with E-state index in [-0.39, 0.29) is 31.8 Å². The number of carbonyl (C=O) groups is 2. The van der Waals surface area contributed by atoms with Crippen LogP contribution >= 0.6 is 0 Å². The summed E-state index contributed by atoms with van der Waals surface area (Å²) in [5, 5.41) is 27.7. The van der Waals surface area contributed by atoms with Gasteiger partial charge in [0.15, 0.2) is 0 Å². The van der Waals surface area contributed by atoms with E-state index in [0.29, 0.717) is 32.5 Å². The first kappa shape index (κ1) is 51.8. The largest absolute Gasteiger partial charge is 0.465 e. The molecule has 7 heteroatoms. The maximum Gasteiger partial charge on any atom is 0.305 e. The molecule has 0 fully saturated rings. The predicted molar refractivity (Wildman–Crippen MR) is 222 cm³/mol. The van der Waals surface area contributed by atoms with E-state index in [4.69, 9.17) is 19.7 Å². The topological polar surface area (TPSA) is 113 Å². The molecule has 0 amide bonds. The van der Waals surface area contributed by atoms with Crippen molar-refractivity contribution in [3.8, 4) is 0 Å². The number of esters is 2. The lowest BCUT2D eigenvalue weighted by molar-refractivity contribution is -0.156. The Kier molecular flexibility index (Phi) is 41.0. The van der Waals surface area contributed by atoms with Crippen LogP contribution < -0.4 is 0 Å². The second-order valence-electron chi connectivity index (χ2n) is 16.3. The van der Waals surface area contributed by atoms with Gasteiger partial charge in [0.1, 0.15) is 13.2 Å². The molecule has 316 valence electrons. The summed E-state index contributed by atoms with van der Waals surface area (Å²) >= 11 is 0. The van der Waals surface area contributed by atoms with E-state index in [2.05, 4.69) is 0 Å². The smallest absolute Gasteiger partial charge is 0.305 e. The second-order valence-corrected chi connectivity index (χ2v) is 16.3. The standard InChI is InChI=1S/C46H90O7/c1-2-46(41-49,42-52-44(50)37-33-29-25-21-17-13-9-5-3-7-11-15-19-23-27-31-35-39-47)43-53-45(51)38-34-30-26-22-18-14-10-6-4-8-12-16-20-24-28-32-36-40-48/h47-49H,2-43H2,1H3. The summed E-state index contributed by atoms with van der Waals surface area (Å²) in [5.41, 5.74) is -0.729. The summed E-state index contributed by atoms with van der Waals surface area (Å²) < 4.78 is 11.1. The zero-order valence-corrected chi connectivity index (χ0v) is 35.2. The average Bonchev–Trinajstić information content (AvgIpc) is 3.17. The van der Waals surface area contributed by atoms with Gasteiger partial charge in [-0.1, -0.05) is 200 Å². The quantitative estimate of drug-likeness (QED) is 0.0419. The molecule has 0 aromatic carbocycles. The number of aliphatic hydroxyl groups excluding tert-OH is 3. The summed E-state index contributed by atoms with van der Waals surface area (Å²) in [4.78, 5) is 24.8. The molecule has 0 aliphatic rings. The van der Waals surface area contributed by atoms with E-state index in [1.54, 1.807) is 0 Å². The average molecular weight is 755 g/mol. The molecule has 0 radical (unpaired) electrons. The first-order valence-electron chi connectivity index (χ1n) is 23.2. The van der Waals surface area contributed by atoms with E-state index in [0.717, 1.165) is 51.4 Å². The highest BCUT2D eigenvalue weighted by atomic mass is 16.5. The van der Waals surface area contributed by atoms with Crippen LogP contribution in [-0.2, 0) is 19.1 Å². The van der Waals surface area contributed by atoms with Crippen LogP contribution in [0.4, 0.5) is 0 Å². The number of unbranched alkanes of at least 4 members (excludes halogenated alkanes) is 32. The third-order valence-corrected chi connectivity index (χ3v) is 11.2. The van der Waals surface area contributed by atoms with Gasteiger partial charge in [-0.25, -0.2) is 0 Å². The van der Waals surface area contributed by atoms with Crippen LogP contribution in [0.2, 0.25) is 0 Å². The van der Waals surface area contributed by atoms with Gasteiger partial charge >= 0.3 is 11.9 Å². The molecule has 0 saturated carbocycles. The van der Waals surface area contributed by atoms with Crippen molar-refractivity contribution in [3.05, 3.63) is 0 Å². The Bertz CT molecular complexity index is 696. The van der Waals surface area contributed by atoms with E-state index >= 15 is 0 Å². The van der Waals surface area contributed by atoms with Gasteiger partial charge in [-0.15, -0.1) is 0 Å². The van der Waals surface area contributed by atoms with Crippen LogP contribution in [0.15, 0.2) is 0 Å². The summed E-state index contributed by atoms with van der Waals surface area (Å²) in [6, 6.07) is 0. The van der Waals surface area contributed by atoms with Gasteiger partial charge in [0.2, 0.25) is 0 Å². The molecule has 0 rings (SSSR count). The monoisotopic (exact) mass is 755 g/mol. The summed E-state index contributed by atoms with van der Waals surface area (Å²) in [6.45, 7) is 2.61. The summed E-state index contributed by atoms with van der Waals surface area (Å²) in [6.07, 6.45) is 43.5. The lowest BCUT2D eigenvalue weighted by atomic mass is 9.88. The Hall–Kier alpha value is -1.18. The van der Waals surface area contributed by atoms with E-state index in [1.807, 2.05) is 6.92 Å². The molecule has 53 heavy (non-hydrogen) atoms. The molecule has 0 bridgehead atoms. The molecular formula is C46H90O7. The highest BCUT2D eigenvalue weighted by Crippen LogP contribution is 2.24. The van der Waals surface area contributed by atoms with Crippen molar-refractivity contribution in [1.82, 2.24) is 0 Å². The van der Waals surface area contributed by atoms with Gasteiger partial charge in [-0.3, -0.25) is 9.59 Å². The van der Waals surface area contributed by atoms with Gasteiger partial charge in [0, 0.05) is 26.1 Å². The molecule has 0 aliphatic carbocycles. The van der Waals surface area contributed by atoms with E-state index in [9.17, 15) is 14.7 Å². The number of rotatable bonds is 44. The minimum Gasteiger partial charge on any atom is -0.465 e. The number of carbonyl (C=O) groups excluding carboxylic acids is 2. The number of hydrogen-bond donors (Lipinski definition) is 3. The van der Waals surface area contributed by atoms with Gasteiger partial charge in [0.05, 0.1) is 12.0 Å². The normalized spacial score (nSPS) is 11.7. The van der Waals surface area contributed by atoms with Crippen LogP contribution in [-0.4, -0.2) is 60.3 Å². The minimum atomic E-state index is -0.729. The van der Waals surface area contributed by atoms with Crippen molar-refractivity contribution in [2.24, 2.45) is 5.41 Å². The lowest BCUT2D eigenvalue weighted by Gasteiger charge is -2.29. The molecule has 0 heterocycles. The highest BCUT2D eigenvalue weighted by Gasteiger charge is 2.31. The zero-order valence-electron chi connectivity index (χ0n) is 35.2. The Morgan fingerprint density at radius 2 is 0.566 bits per heavy atom. The van der Waals surface area contributed by atoms with Crippen molar-refractivity contribution < 1.29 is 34.4 Å². The Morgan fingerprint density at radius 1 is 0.358 bits per heavy atom. The first-order chi connectivity index (χ1) is 26.0. The van der Waals surface area contributed by atoms with Gasteiger partial charge in [0.25, 0.3) is 0 Å². The molecule has 7 nitrogen and oxygen atoms in total. The third kappa shape index (κ3) is 37.5. The van der Waals surface area contributed by atoms with Gasteiger partial charge < -0.3 is 24.8 Å². The molecule has 0 atom stereocenters. The van der Waals surface area contributed by atoms with Crippen LogP contribution in [0.1, 0.15) is 244 Å². The molecule has 0 aromatic rings. The maximum absolute atomic E-state index is 12.4. The van der Waals surface area contributed by atoms with Crippen molar-refractivity contribution >= 4 is 11.9 Å². The van der Waals surface area contributed by atoms with Crippen molar-refractivity contribution in [2.45, 2.75) is 244 Å². The van der Waals surface area contributed by atoms with Crippen LogP contribution in [0, 0.1) is 5.41 Å². The predicted octanol–water partition coefficient (Wildman–Crippen LogP) is 12.5. The number of ether oxygens (including phenoxy) is 2. The van der Waals surface area contributed by atoms with Crippen LogP contribution in [0.5, 0.6) is 0 Å². The molecule has 0 aliphatic heterocycles. The SMILES string of the molecule is CCC(CO)(COC(=O)CCCCCCCCCCCCCCCCCCCO)COC(=O)CCCCCCCCCCCCCCCCCCCO. The molecular weight excluding hydrogens is 664 g/mol. The van der Waals surface area contributed by atoms with Crippen molar-refractivity contribution in [1.29, 1.82) is 0 Å². The fourth-order valence-electron chi connectivity index (χ4n) is 7.13. The lowest BCUT2D eigenvalue weighted by Crippen LogP contribution is -2.37. The Morgan fingerprint density at radius 3 is 0.755 bits per heavy atom. The fraction of sp³-hybridized carbons (Fsp3) is 0.957. The van der Waals surface area contributed by atoms with Gasteiger partial charge in [-0.2, -0.15) is 0 Å².